The zero-order valence-corrected chi connectivity index (χ0v) is 18.3. The predicted octanol–water partition coefficient (Wildman–Crippen LogP) is 3.60. The summed E-state index contributed by atoms with van der Waals surface area (Å²) in [4.78, 5) is 36.8. The highest BCUT2D eigenvalue weighted by Crippen LogP contribution is 2.16. The van der Waals surface area contributed by atoms with Crippen molar-refractivity contribution >= 4 is 35.7 Å². The minimum atomic E-state index is -0.311. The van der Waals surface area contributed by atoms with Gasteiger partial charge in [-0.15, -0.1) is 12.4 Å². The molecule has 2 aromatic rings. The lowest BCUT2D eigenvalue weighted by atomic mass is 9.99. The molecule has 162 valence electrons. The Morgan fingerprint density at radius 3 is 2.27 bits per heavy atom. The number of ketones is 1. The highest BCUT2D eigenvalue weighted by molar-refractivity contribution is 6.05. The van der Waals surface area contributed by atoms with Gasteiger partial charge in [0, 0.05) is 31.5 Å². The van der Waals surface area contributed by atoms with Crippen LogP contribution in [0.25, 0.3) is 0 Å². The first-order valence-corrected chi connectivity index (χ1v) is 9.90. The third-order valence-corrected chi connectivity index (χ3v) is 4.37. The monoisotopic (exact) mass is 431 g/mol. The second-order valence-electron chi connectivity index (χ2n) is 7.36. The molecule has 0 radical (unpaired) electrons. The van der Waals surface area contributed by atoms with Gasteiger partial charge in [-0.05, 0) is 30.0 Å². The highest BCUT2D eigenvalue weighted by atomic mass is 35.5. The van der Waals surface area contributed by atoms with Crippen LogP contribution in [0.5, 0.6) is 0 Å². The molecular formula is C23H30ClN3O3. The molecule has 2 amide bonds. The lowest BCUT2D eigenvalue weighted by Gasteiger charge is -2.11. The maximum atomic E-state index is 12.4. The molecule has 4 N–H and O–H groups in total. The topological polar surface area (TPSA) is 101 Å². The molecule has 7 heteroatoms. The Labute approximate surface area is 184 Å². The van der Waals surface area contributed by atoms with Crippen LogP contribution in [-0.2, 0) is 11.2 Å². The molecule has 0 aliphatic heterocycles. The van der Waals surface area contributed by atoms with Crippen LogP contribution in [0.15, 0.2) is 48.5 Å². The van der Waals surface area contributed by atoms with Gasteiger partial charge in [-0.3, -0.25) is 14.4 Å². The Kier molecular flexibility index (Phi) is 10.8. The molecule has 0 bridgehead atoms. The third-order valence-electron chi connectivity index (χ3n) is 4.37. The number of nitrogens with two attached hydrogens (primary N) is 1. The van der Waals surface area contributed by atoms with Gasteiger partial charge in [0.15, 0.2) is 5.78 Å². The Balaban J connectivity index is 0.00000450. The quantitative estimate of drug-likeness (QED) is 0.500. The van der Waals surface area contributed by atoms with E-state index in [1.165, 1.54) is 5.56 Å². The van der Waals surface area contributed by atoms with E-state index in [0.717, 1.165) is 6.42 Å². The largest absolute Gasteiger partial charge is 0.351 e. The van der Waals surface area contributed by atoms with Crippen molar-refractivity contribution < 1.29 is 14.4 Å². The van der Waals surface area contributed by atoms with Gasteiger partial charge in [-0.25, -0.2) is 0 Å². The van der Waals surface area contributed by atoms with Crippen molar-refractivity contribution in [2.75, 3.05) is 18.4 Å². The number of halogens is 1. The summed E-state index contributed by atoms with van der Waals surface area (Å²) in [5, 5.41) is 5.40. The van der Waals surface area contributed by atoms with Crippen molar-refractivity contribution in [2.45, 2.75) is 33.1 Å². The van der Waals surface area contributed by atoms with Crippen molar-refractivity contribution in [1.82, 2.24) is 5.32 Å². The zero-order valence-electron chi connectivity index (χ0n) is 17.4. The smallest absolute Gasteiger partial charge is 0.253 e. The SMILES string of the molecule is CC(C)Cc1ccc(C(=O)CCC(=O)Nc2ccccc2C(=O)NCCN)cc1.Cl. The van der Waals surface area contributed by atoms with Gasteiger partial charge in [0.2, 0.25) is 5.91 Å². The molecule has 0 spiro atoms. The zero-order chi connectivity index (χ0) is 21.2. The lowest BCUT2D eigenvalue weighted by Crippen LogP contribution is -2.30. The van der Waals surface area contributed by atoms with Gasteiger partial charge in [0.05, 0.1) is 11.3 Å². The summed E-state index contributed by atoms with van der Waals surface area (Å²) >= 11 is 0. The molecule has 0 saturated heterocycles. The summed E-state index contributed by atoms with van der Waals surface area (Å²) in [6.07, 6.45) is 1.12. The maximum absolute atomic E-state index is 12.4. The fourth-order valence-corrected chi connectivity index (χ4v) is 2.95. The first-order chi connectivity index (χ1) is 13.9. The number of carbonyl (C=O) groups excluding carboxylic acids is 3. The van der Waals surface area contributed by atoms with E-state index in [2.05, 4.69) is 24.5 Å². The Hall–Kier alpha value is -2.70. The number of hydrogen-bond donors (Lipinski definition) is 3. The van der Waals surface area contributed by atoms with Gasteiger partial charge in [-0.1, -0.05) is 50.2 Å². The number of Topliss-reactive ketones (excluding diaryl/α,β-unsaturated/α-hetero) is 1. The molecule has 0 fully saturated rings. The number of carbonyl (C=O) groups is 3. The number of anilines is 1. The van der Waals surface area contributed by atoms with E-state index >= 15 is 0 Å². The fourth-order valence-electron chi connectivity index (χ4n) is 2.95. The van der Waals surface area contributed by atoms with E-state index < -0.39 is 0 Å². The average molecular weight is 432 g/mol. The average Bonchev–Trinajstić information content (AvgIpc) is 2.70. The van der Waals surface area contributed by atoms with Crippen molar-refractivity contribution in [3.8, 4) is 0 Å². The molecule has 0 atom stereocenters. The molecule has 2 rings (SSSR count). The number of hydrogen-bond acceptors (Lipinski definition) is 4. The fraction of sp³-hybridized carbons (Fsp3) is 0.348. The first kappa shape index (κ1) is 25.3. The lowest BCUT2D eigenvalue weighted by molar-refractivity contribution is -0.116. The molecule has 0 aliphatic rings. The first-order valence-electron chi connectivity index (χ1n) is 9.90. The summed E-state index contributed by atoms with van der Waals surface area (Å²) in [5.74, 6) is -0.136. The van der Waals surface area contributed by atoms with Gasteiger partial charge < -0.3 is 16.4 Å². The van der Waals surface area contributed by atoms with E-state index in [4.69, 9.17) is 5.73 Å². The van der Waals surface area contributed by atoms with Crippen LogP contribution in [0, 0.1) is 5.92 Å². The third kappa shape index (κ3) is 7.97. The maximum Gasteiger partial charge on any atom is 0.253 e. The number of para-hydroxylation sites is 1. The van der Waals surface area contributed by atoms with Crippen LogP contribution >= 0.6 is 12.4 Å². The van der Waals surface area contributed by atoms with Gasteiger partial charge in [-0.2, -0.15) is 0 Å². The molecule has 0 aromatic heterocycles. The minimum Gasteiger partial charge on any atom is -0.351 e. The summed E-state index contributed by atoms with van der Waals surface area (Å²) < 4.78 is 0. The normalized spacial score (nSPS) is 10.3. The van der Waals surface area contributed by atoms with Crippen LogP contribution in [0.3, 0.4) is 0 Å². The molecule has 0 saturated carbocycles. The standard InChI is InChI=1S/C23H29N3O3.ClH/c1-16(2)15-17-7-9-18(10-8-17)21(27)11-12-22(28)26-20-6-4-3-5-19(20)23(29)25-14-13-24;/h3-10,16H,11-15,24H2,1-2H3,(H,25,29)(H,26,28);1H. The summed E-state index contributed by atoms with van der Waals surface area (Å²) in [7, 11) is 0. The van der Waals surface area contributed by atoms with Crippen molar-refractivity contribution in [2.24, 2.45) is 11.7 Å². The van der Waals surface area contributed by atoms with Crippen molar-refractivity contribution in [3.63, 3.8) is 0 Å². The summed E-state index contributed by atoms with van der Waals surface area (Å²) in [6.45, 7) is 4.99. The summed E-state index contributed by atoms with van der Waals surface area (Å²) in [6, 6.07) is 14.3. The van der Waals surface area contributed by atoms with Crippen LogP contribution in [0.4, 0.5) is 5.69 Å². The number of nitrogens with one attached hydrogen (secondary N) is 2. The Morgan fingerprint density at radius 2 is 1.63 bits per heavy atom. The Bertz CT molecular complexity index is 851. The molecule has 0 unspecified atom stereocenters. The number of rotatable bonds is 10. The Morgan fingerprint density at radius 1 is 0.967 bits per heavy atom. The second-order valence-corrected chi connectivity index (χ2v) is 7.36. The van der Waals surface area contributed by atoms with E-state index in [9.17, 15) is 14.4 Å². The van der Waals surface area contributed by atoms with Crippen LogP contribution in [-0.4, -0.2) is 30.7 Å². The number of amides is 2. The molecule has 30 heavy (non-hydrogen) atoms. The predicted molar refractivity (Wildman–Crippen MR) is 122 cm³/mol. The van der Waals surface area contributed by atoms with Crippen LogP contribution < -0.4 is 16.4 Å². The van der Waals surface area contributed by atoms with Crippen LogP contribution in [0.1, 0.15) is 53.0 Å². The molecular weight excluding hydrogens is 402 g/mol. The van der Waals surface area contributed by atoms with Gasteiger partial charge in [0.1, 0.15) is 0 Å². The van der Waals surface area contributed by atoms with E-state index in [0.29, 0.717) is 35.8 Å². The second kappa shape index (κ2) is 12.8. The van der Waals surface area contributed by atoms with Gasteiger partial charge >= 0.3 is 0 Å². The molecule has 2 aromatic carbocycles. The molecule has 0 heterocycles. The van der Waals surface area contributed by atoms with Crippen LogP contribution in [0.2, 0.25) is 0 Å². The number of benzene rings is 2. The minimum absolute atomic E-state index is 0. The van der Waals surface area contributed by atoms with E-state index in [1.807, 2.05) is 24.3 Å². The van der Waals surface area contributed by atoms with E-state index in [-0.39, 0.29) is 42.8 Å². The van der Waals surface area contributed by atoms with E-state index in [1.54, 1.807) is 24.3 Å². The summed E-state index contributed by atoms with van der Waals surface area (Å²) in [5.41, 5.74) is 7.98. The van der Waals surface area contributed by atoms with Crippen molar-refractivity contribution in [1.29, 1.82) is 0 Å². The van der Waals surface area contributed by atoms with Crippen molar-refractivity contribution in [3.05, 3.63) is 65.2 Å². The van der Waals surface area contributed by atoms with Gasteiger partial charge in [0.25, 0.3) is 5.91 Å². The molecule has 6 nitrogen and oxygen atoms in total. The molecule has 0 aliphatic carbocycles. The highest BCUT2D eigenvalue weighted by Gasteiger charge is 2.14.